The van der Waals surface area contributed by atoms with Gasteiger partial charge in [0.15, 0.2) is 0 Å². The first-order valence-corrected chi connectivity index (χ1v) is 6.04. The predicted molar refractivity (Wildman–Crippen MR) is 71.6 cm³/mol. The SMILES string of the molecule is CCC(CC)(CN)Nc1ncc([N+](=O)[O-])cc1C#N. The number of rotatable bonds is 6. The van der Waals surface area contributed by atoms with Crippen LogP contribution >= 0.6 is 0 Å². The van der Waals surface area contributed by atoms with Crippen molar-refractivity contribution in [1.82, 2.24) is 4.98 Å². The molecule has 1 heterocycles. The zero-order chi connectivity index (χ0) is 14.5. The second-order valence-corrected chi connectivity index (χ2v) is 4.28. The lowest BCUT2D eigenvalue weighted by Crippen LogP contribution is -2.44. The Hall–Kier alpha value is -2.20. The van der Waals surface area contributed by atoms with Crippen LogP contribution in [-0.4, -0.2) is 22.0 Å². The Balaban J connectivity index is 3.15. The van der Waals surface area contributed by atoms with Crippen LogP contribution in [0.3, 0.4) is 0 Å². The molecule has 7 nitrogen and oxygen atoms in total. The van der Waals surface area contributed by atoms with Crippen LogP contribution in [0.1, 0.15) is 32.3 Å². The molecule has 1 rings (SSSR count). The zero-order valence-electron chi connectivity index (χ0n) is 11.0. The van der Waals surface area contributed by atoms with Crippen LogP contribution in [0, 0.1) is 21.4 Å². The van der Waals surface area contributed by atoms with Gasteiger partial charge in [0.1, 0.15) is 23.6 Å². The van der Waals surface area contributed by atoms with Crippen molar-refractivity contribution in [3.8, 4) is 6.07 Å². The minimum atomic E-state index is -0.576. The third-order valence-corrected chi connectivity index (χ3v) is 3.33. The van der Waals surface area contributed by atoms with E-state index in [-0.39, 0.29) is 16.8 Å². The fourth-order valence-electron chi connectivity index (χ4n) is 1.76. The number of hydrogen-bond acceptors (Lipinski definition) is 6. The number of nitrogens with one attached hydrogen (secondary N) is 1. The van der Waals surface area contributed by atoms with Crippen LogP contribution < -0.4 is 11.1 Å². The molecule has 0 aromatic carbocycles. The molecule has 0 spiro atoms. The second kappa shape index (κ2) is 6.11. The third-order valence-electron chi connectivity index (χ3n) is 3.33. The number of pyridine rings is 1. The van der Waals surface area contributed by atoms with E-state index in [1.807, 2.05) is 19.9 Å². The number of anilines is 1. The zero-order valence-corrected chi connectivity index (χ0v) is 11.0. The summed E-state index contributed by atoms with van der Waals surface area (Å²) >= 11 is 0. The van der Waals surface area contributed by atoms with Crippen molar-refractivity contribution < 1.29 is 4.92 Å². The summed E-state index contributed by atoms with van der Waals surface area (Å²) in [7, 11) is 0. The minimum Gasteiger partial charge on any atom is -0.362 e. The van der Waals surface area contributed by atoms with Crippen molar-refractivity contribution in [2.45, 2.75) is 32.2 Å². The number of nitro groups is 1. The smallest absolute Gasteiger partial charge is 0.289 e. The van der Waals surface area contributed by atoms with Crippen LogP contribution in [-0.2, 0) is 0 Å². The minimum absolute atomic E-state index is 0.147. The molecule has 1 aromatic rings. The van der Waals surface area contributed by atoms with E-state index in [0.717, 1.165) is 19.0 Å². The summed E-state index contributed by atoms with van der Waals surface area (Å²) in [5.74, 6) is 0.335. The van der Waals surface area contributed by atoms with E-state index >= 15 is 0 Å². The van der Waals surface area contributed by atoms with Gasteiger partial charge in [-0.05, 0) is 12.8 Å². The van der Waals surface area contributed by atoms with Crippen LogP contribution in [0.5, 0.6) is 0 Å². The van der Waals surface area contributed by atoms with E-state index in [1.54, 1.807) is 0 Å². The van der Waals surface area contributed by atoms with E-state index in [1.165, 1.54) is 6.07 Å². The third kappa shape index (κ3) is 3.17. The molecule has 1 aromatic heterocycles. The molecule has 0 saturated heterocycles. The quantitative estimate of drug-likeness (QED) is 0.596. The number of aromatic nitrogens is 1. The number of nitrogens with zero attached hydrogens (tertiary/aromatic N) is 3. The molecule has 0 aliphatic heterocycles. The molecule has 0 fully saturated rings. The fraction of sp³-hybridized carbons (Fsp3) is 0.500. The summed E-state index contributed by atoms with van der Waals surface area (Å²) in [4.78, 5) is 14.0. The fourth-order valence-corrected chi connectivity index (χ4v) is 1.76. The van der Waals surface area contributed by atoms with E-state index in [2.05, 4.69) is 10.3 Å². The molecule has 0 amide bonds. The average Bonchev–Trinajstić information content (AvgIpc) is 2.44. The van der Waals surface area contributed by atoms with E-state index in [0.29, 0.717) is 12.4 Å². The van der Waals surface area contributed by atoms with Crippen LogP contribution in [0.4, 0.5) is 11.5 Å². The Labute approximate surface area is 111 Å². The molecule has 0 aliphatic rings. The van der Waals surface area contributed by atoms with Gasteiger partial charge in [0.05, 0.1) is 10.5 Å². The van der Waals surface area contributed by atoms with E-state index in [9.17, 15) is 10.1 Å². The monoisotopic (exact) mass is 263 g/mol. The highest BCUT2D eigenvalue weighted by Gasteiger charge is 2.26. The first-order valence-electron chi connectivity index (χ1n) is 6.04. The van der Waals surface area contributed by atoms with Gasteiger partial charge in [-0.2, -0.15) is 5.26 Å². The molecule has 0 saturated carbocycles. The number of hydrogen-bond donors (Lipinski definition) is 2. The Morgan fingerprint density at radius 1 is 1.58 bits per heavy atom. The predicted octanol–water partition coefficient (Wildman–Crippen LogP) is 1.79. The van der Waals surface area contributed by atoms with Gasteiger partial charge in [0, 0.05) is 12.6 Å². The molecule has 102 valence electrons. The summed E-state index contributed by atoms with van der Waals surface area (Å²) in [6.07, 6.45) is 2.67. The van der Waals surface area contributed by atoms with Crippen molar-refractivity contribution in [1.29, 1.82) is 5.26 Å². The van der Waals surface area contributed by atoms with Gasteiger partial charge in [-0.25, -0.2) is 4.98 Å². The molecule has 0 bridgehead atoms. The van der Waals surface area contributed by atoms with E-state index < -0.39 is 4.92 Å². The average molecular weight is 263 g/mol. The molecule has 0 radical (unpaired) electrons. The normalized spacial score (nSPS) is 10.8. The summed E-state index contributed by atoms with van der Waals surface area (Å²) in [6, 6.07) is 3.13. The molecule has 19 heavy (non-hydrogen) atoms. The van der Waals surface area contributed by atoms with Crippen molar-refractivity contribution >= 4 is 11.5 Å². The van der Waals surface area contributed by atoms with E-state index in [4.69, 9.17) is 11.0 Å². The second-order valence-electron chi connectivity index (χ2n) is 4.28. The topological polar surface area (TPSA) is 118 Å². The molecule has 3 N–H and O–H groups in total. The van der Waals surface area contributed by atoms with Gasteiger partial charge in [0.2, 0.25) is 0 Å². The van der Waals surface area contributed by atoms with Crippen molar-refractivity contribution in [3.63, 3.8) is 0 Å². The summed E-state index contributed by atoms with van der Waals surface area (Å²) < 4.78 is 0. The van der Waals surface area contributed by atoms with Crippen molar-refractivity contribution in [2.24, 2.45) is 5.73 Å². The van der Waals surface area contributed by atoms with Gasteiger partial charge in [-0.15, -0.1) is 0 Å². The largest absolute Gasteiger partial charge is 0.362 e. The van der Waals surface area contributed by atoms with Gasteiger partial charge >= 0.3 is 0 Å². The summed E-state index contributed by atoms with van der Waals surface area (Å²) in [6.45, 7) is 4.37. The maximum Gasteiger partial charge on any atom is 0.289 e. The Bertz CT molecular complexity index is 497. The Morgan fingerprint density at radius 2 is 2.21 bits per heavy atom. The Kier molecular flexibility index (Phi) is 4.78. The van der Waals surface area contributed by atoms with Gasteiger partial charge in [0.25, 0.3) is 5.69 Å². The maximum atomic E-state index is 10.6. The first-order chi connectivity index (χ1) is 9.01. The molecular weight excluding hydrogens is 246 g/mol. The number of nitriles is 1. The summed E-state index contributed by atoms with van der Waals surface area (Å²) in [5.41, 5.74) is 5.36. The molecule has 0 aliphatic carbocycles. The molecule has 7 heteroatoms. The lowest BCUT2D eigenvalue weighted by molar-refractivity contribution is -0.385. The van der Waals surface area contributed by atoms with Crippen LogP contribution in [0.2, 0.25) is 0 Å². The van der Waals surface area contributed by atoms with Crippen LogP contribution in [0.15, 0.2) is 12.3 Å². The maximum absolute atomic E-state index is 10.6. The lowest BCUT2D eigenvalue weighted by Gasteiger charge is -2.32. The highest BCUT2D eigenvalue weighted by atomic mass is 16.6. The lowest BCUT2D eigenvalue weighted by atomic mass is 9.92. The van der Waals surface area contributed by atoms with Crippen molar-refractivity contribution in [2.75, 3.05) is 11.9 Å². The van der Waals surface area contributed by atoms with Crippen molar-refractivity contribution in [3.05, 3.63) is 27.9 Å². The Morgan fingerprint density at radius 3 is 2.63 bits per heavy atom. The molecule has 0 atom stereocenters. The van der Waals surface area contributed by atoms with Gasteiger partial charge in [-0.3, -0.25) is 10.1 Å². The van der Waals surface area contributed by atoms with Crippen LogP contribution in [0.25, 0.3) is 0 Å². The van der Waals surface area contributed by atoms with Gasteiger partial charge < -0.3 is 11.1 Å². The molecular formula is C12H17N5O2. The first kappa shape index (κ1) is 14.9. The van der Waals surface area contributed by atoms with Gasteiger partial charge in [-0.1, -0.05) is 13.8 Å². The number of nitrogens with two attached hydrogens (primary N) is 1. The summed E-state index contributed by atoms with van der Waals surface area (Å²) in [5, 5.41) is 22.9. The standard InChI is InChI=1S/C12H17N5O2/c1-3-12(4-2,8-14)16-11-9(6-13)5-10(7-15-11)17(18)19/h5,7H,3-4,8,14H2,1-2H3,(H,15,16). The highest BCUT2D eigenvalue weighted by Crippen LogP contribution is 2.24. The highest BCUT2D eigenvalue weighted by molar-refractivity contribution is 5.56. The molecule has 0 unspecified atom stereocenters.